The van der Waals surface area contributed by atoms with Crippen molar-refractivity contribution in [2.45, 2.75) is 19.3 Å². The lowest BCUT2D eigenvalue weighted by Crippen LogP contribution is -2.37. The first-order valence-electron chi connectivity index (χ1n) is 5.36. The van der Waals surface area contributed by atoms with E-state index in [0.717, 1.165) is 32.4 Å². The van der Waals surface area contributed by atoms with Crippen LogP contribution < -0.4 is 5.32 Å². The molecule has 2 heterocycles. The number of piperidine rings is 1. The Hall–Kier alpha value is -1.40. The predicted octanol–water partition coefficient (Wildman–Crippen LogP) is 1.52. The van der Waals surface area contributed by atoms with Crippen LogP contribution >= 0.6 is 0 Å². The zero-order valence-corrected chi connectivity index (χ0v) is 8.74. The fraction of sp³-hybridized carbons (Fsp3) is 0.500. The van der Waals surface area contributed by atoms with Gasteiger partial charge in [0, 0.05) is 12.4 Å². The number of hydrogen-bond acceptors (Lipinski definition) is 3. The number of rotatable bonds is 2. The van der Waals surface area contributed by atoms with Crippen molar-refractivity contribution < 1.29 is 0 Å². The predicted molar refractivity (Wildman–Crippen MR) is 58.1 cm³/mol. The minimum Gasteiger partial charge on any atom is -0.317 e. The summed E-state index contributed by atoms with van der Waals surface area (Å²) < 4.78 is 0. The van der Waals surface area contributed by atoms with Crippen LogP contribution in [0.3, 0.4) is 0 Å². The second-order valence-electron chi connectivity index (χ2n) is 4.17. The van der Waals surface area contributed by atoms with Gasteiger partial charge in [0.05, 0.1) is 11.5 Å². The van der Waals surface area contributed by atoms with E-state index < -0.39 is 0 Å². The van der Waals surface area contributed by atoms with Crippen LogP contribution in [-0.2, 0) is 6.42 Å². The van der Waals surface area contributed by atoms with Crippen LogP contribution in [0.4, 0.5) is 0 Å². The highest BCUT2D eigenvalue weighted by atomic mass is 14.9. The van der Waals surface area contributed by atoms with E-state index in [1.165, 1.54) is 5.56 Å². The molecule has 0 bridgehead atoms. The van der Waals surface area contributed by atoms with Crippen molar-refractivity contribution in [1.29, 1.82) is 5.26 Å². The van der Waals surface area contributed by atoms with Gasteiger partial charge < -0.3 is 5.32 Å². The summed E-state index contributed by atoms with van der Waals surface area (Å²) in [7, 11) is 0. The topological polar surface area (TPSA) is 48.7 Å². The molecule has 3 heteroatoms. The molecule has 1 aliphatic heterocycles. The van der Waals surface area contributed by atoms with Crippen molar-refractivity contribution in [3.63, 3.8) is 0 Å². The molecular weight excluding hydrogens is 186 g/mol. The molecule has 0 amide bonds. The lowest BCUT2D eigenvalue weighted by Gasteiger charge is -2.31. The number of nitrogens with zero attached hydrogens (tertiary/aromatic N) is 2. The van der Waals surface area contributed by atoms with Crippen LogP contribution in [0.15, 0.2) is 24.5 Å². The largest absolute Gasteiger partial charge is 0.317 e. The van der Waals surface area contributed by atoms with Gasteiger partial charge >= 0.3 is 0 Å². The summed E-state index contributed by atoms with van der Waals surface area (Å²) in [6.07, 6.45) is 6.34. The van der Waals surface area contributed by atoms with Crippen molar-refractivity contribution in [1.82, 2.24) is 10.3 Å². The van der Waals surface area contributed by atoms with Gasteiger partial charge in [-0.2, -0.15) is 5.26 Å². The Morgan fingerprint density at radius 1 is 1.33 bits per heavy atom. The summed E-state index contributed by atoms with van der Waals surface area (Å²) in [6.45, 7) is 1.91. The number of aromatic nitrogens is 1. The molecule has 0 spiro atoms. The SMILES string of the molecule is N#CC1(Cc2ccncc2)CCNCC1. The highest BCUT2D eigenvalue weighted by Crippen LogP contribution is 2.31. The van der Waals surface area contributed by atoms with Crippen LogP contribution in [-0.4, -0.2) is 18.1 Å². The van der Waals surface area contributed by atoms with Gasteiger partial charge in [-0.1, -0.05) is 0 Å². The van der Waals surface area contributed by atoms with Crippen LogP contribution in [0.5, 0.6) is 0 Å². The van der Waals surface area contributed by atoms with Crippen molar-refractivity contribution in [3.8, 4) is 6.07 Å². The first-order valence-corrected chi connectivity index (χ1v) is 5.36. The molecule has 1 fully saturated rings. The smallest absolute Gasteiger partial charge is 0.0694 e. The Morgan fingerprint density at radius 2 is 2.00 bits per heavy atom. The molecular formula is C12H15N3. The lowest BCUT2D eigenvalue weighted by atomic mass is 9.76. The summed E-state index contributed by atoms with van der Waals surface area (Å²) in [4.78, 5) is 3.99. The number of pyridine rings is 1. The molecule has 2 rings (SSSR count). The molecule has 3 nitrogen and oxygen atoms in total. The third-order valence-corrected chi connectivity index (χ3v) is 3.09. The molecule has 78 valence electrons. The Morgan fingerprint density at radius 3 is 2.60 bits per heavy atom. The van der Waals surface area contributed by atoms with E-state index in [-0.39, 0.29) is 5.41 Å². The fourth-order valence-electron chi connectivity index (χ4n) is 2.12. The first-order chi connectivity index (χ1) is 7.35. The maximum atomic E-state index is 9.31. The molecule has 15 heavy (non-hydrogen) atoms. The van der Waals surface area contributed by atoms with E-state index in [1.54, 1.807) is 12.4 Å². The maximum absolute atomic E-state index is 9.31. The minimum atomic E-state index is -0.160. The van der Waals surface area contributed by atoms with Crippen LogP contribution in [0.1, 0.15) is 18.4 Å². The Balaban J connectivity index is 2.12. The van der Waals surface area contributed by atoms with Gasteiger partial charge in [0.15, 0.2) is 0 Å². The molecule has 0 unspecified atom stereocenters. The van der Waals surface area contributed by atoms with Crippen molar-refractivity contribution in [2.75, 3.05) is 13.1 Å². The molecule has 1 aromatic heterocycles. The monoisotopic (exact) mass is 201 g/mol. The number of hydrogen-bond donors (Lipinski definition) is 1. The van der Waals surface area contributed by atoms with Gasteiger partial charge in [-0.25, -0.2) is 0 Å². The fourth-order valence-corrected chi connectivity index (χ4v) is 2.12. The van der Waals surface area contributed by atoms with Crippen LogP contribution in [0.25, 0.3) is 0 Å². The molecule has 0 aliphatic carbocycles. The molecule has 1 aliphatic rings. The normalized spacial score (nSPS) is 19.4. The molecule has 1 N–H and O–H groups in total. The van der Waals surface area contributed by atoms with Crippen molar-refractivity contribution in [3.05, 3.63) is 30.1 Å². The van der Waals surface area contributed by atoms with E-state index in [4.69, 9.17) is 0 Å². The van der Waals surface area contributed by atoms with Gasteiger partial charge in [-0.3, -0.25) is 4.98 Å². The quantitative estimate of drug-likeness (QED) is 0.789. The summed E-state index contributed by atoms with van der Waals surface area (Å²) in [5, 5.41) is 12.6. The zero-order chi connectivity index (χ0) is 10.6. The Labute approximate surface area is 90.1 Å². The van der Waals surface area contributed by atoms with Crippen molar-refractivity contribution >= 4 is 0 Å². The van der Waals surface area contributed by atoms with Gasteiger partial charge in [0.1, 0.15) is 0 Å². The minimum absolute atomic E-state index is 0.160. The van der Waals surface area contributed by atoms with Gasteiger partial charge in [0.25, 0.3) is 0 Å². The van der Waals surface area contributed by atoms with E-state index in [2.05, 4.69) is 16.4 Å². The zero-order valence-electron chi connectivity index (χ0n) is 8.74. The van der Waals surface area contributed by atoms with E-state index in [1.807, 2.05) is 12.1 Å². The average Bonchev–Trinajstić information content (AvgIpc) is 2.32. The third-order valence-electron chi connectivity index (χ3n) is 3.09. The van der Waals surface area contributed by atoms with Crippen LogP contribution in [0.2, 0.25) is 0 Å². The molecule has 0 saturated carbocycles. The van der Waals surface area contributed by atoms with Crippen LogP contribution in [0, 0.1) is 16.7 Å². The Bertz CT molecular complexity index is 347. The summed E-state index contributed by atoms with van der Waals surface area (Å²) in [6, 6.07) is 6.51. The highest BCUT2D eigenvalue weighted by molar-refractivity contribution is 5.17. The molecule has 0 radical (unpaired) electrons. The van der Waals surface area contributed by atoms with Gasteiger partial charge in [-0.15, -0.1) is 0 Å². The second-order valence-corrected chi connectivity index (χ2v) is 4.17. The standard InChI is InChI=1S/C12H15N3/c13-10-12(3-7-15-8-4-12)9-11-1-5-14-6-2-11/h1-2,5-6,15H,3-4,7-9H2. The first kappa shape index (κ1) is 10.1. The molecule has 0 atom stereocenters. The van der Waals surface area contributed by atoms with E-state index in [0.29, 0.717) is 0 Å². The maximum Gasteiger partial charge on any atom is 0.0694 e. The summed E-state index contributed by atoms with van der Waals surface area (Å²) in [5.74, 6) is 0. The summed E-state index contributed by atoms with van der Waals surface area (Å²) >= 11 is 0. The molecule has 1 saturated heterocycles. The average molecular weight is 201 g/mol. The third kappa shape index (κ3) is 2.34. The van der Waals surface area contributed by atoms with E-state index in [9.17, 15) is 5.26 Å². The second kappa shape index (κ2) is 4.41. The van der Waals surface area contributed by atoms with Crippen molar-refractivity contribution in [2.24, 2.45) is 5.41 Å². The number of nitriles is 1. The summed E-state index contributed by atoms with van der Waals surface area (Å²) in [5.41, 5.74) is 1.06. The Kier molecular flexibility index (Phi) is 2.98. The number of nitrogens with one attached hydrogen (secondary N) is 1. The highest BCUT2D eigenvalue weighted by Gasteiger charge is 2.31. The van der Waals surface area contributed by atoms with Gasteiger partial charge in [0.2, 0.25) is 0 Å². The molecule has 0 aromatic carbocycles. The molecule has 1 aromatic rings. The lowest BCUT2D eigenvalue weighted by molar-refractivity contribution is 0.280. The van der Waals surface area contributed by atoms with E-state index >= 15 is 0 Å². The van der Waals surface area contributed by atoms with Gasteiger partial charge in [-0.05, 0) is 50.0 Å².